The molecule has 1 unspecified atom stereocenters. The van der Waals surface area contributed by atoms with E-state index in [2.05, 4.69) is 0 Å². The van der Waals surface area contributed by atoms with Crippen LogP contribution in [0.3, 0.4) is 0 Å². The summed E-state index contributed by atoms with van der Waals surface area (Å²) in [5, 5.41) is 0. The normalized spacial score (nSPS) is 13.8. The second-order valence-electron chi connectivity index (χ2n) is 5.34. The number of aryl methyl sites for hydroxylation is 1. The minimum absolute atomic E-state index is 0.105. The third-order valence-corrected chi connectivity index (χ3v) is 5.75. The van der Waals surface area contributed by atoms with Crippen molar-refractivity contribution < 1.29 is 12.8 Å². The van der Waals surface area contributed by atoms with Crippen LogP contribution in [0.1, 0.15) is 31.4 Å². The van der Waals surface area contributed by atoms with Crippen LogP contribution in [0.25, 0.3) is 0 Å². The molecule has 0 aliphatic heterocycles. The van der Waals surface area contributed by atoms with Crippen LogP contribution in [0.15, 0.2) is 11.0 Å². The summed E-state index contributed by atoms with van der Waals surface area (Å²) in [6.45, 7) is 7.55. The molecule has 0 heterocycles. The fourth-order valence-electron chi connectivity index (χ4n) is 2.15. The molecule has 1 atom stereocenters. The van der Waals surface area contributed by atoms with Crippen molar-refractivity contribution in [2.75, 3.05) is 19.3 Å². The first-order valence-electron chi connectivity index (χ1n) is 6.64. The number of benzene rings is 1. The van der Waals surface area contributed by atoms with E-state index in [9.17, 15) is 12.8 Å². The molecule has 0 saturated heterocycles. The number of hydrogen-bond donors (Lipinski definition) is 1. The van der Waals surface area contributed by atoms with Gasteiger partial charge in [0.1, 0.15) is 5.82 Å². The van der Waals surface area contributed by atoms with Gasteiger partial charge >= 0.3 is 0 Å². The van der Waals surface area contributed by atoms with E-state index in [1.54, 1.807) is 14.0 Å². The van der Waals surface area contributed by atoms with Crippen LogP contribution in [0.4, 0.5) is 10.1 Å². The van der Waals surface area contributed by atoms with Crippen LogP contribution in [0.5, 0.6) is 0 Å². The molecule has 1 aromatic carbocycles. The molecule has 0 aliphatic carbocycles. The molecule has 0 aliphatic rings. The lowest BCUT2D eigenvalue weighted by Crippen LogP contribution is -2.32. The largest absolute Gasteiger partial charge is 0.396 e. The van der Waals surface area contributed by atoms with E-state index in [0.29, 0.717) is 12.1 Å². The van der Waals surface area contributed by atoms with E-state index in [1.165, 1.54) is 17.3 Å². The molecular formula is C14H23FN2O2S. The number of halogens is 1. The van der Waals surface area contributed by atoms with Crippen molar-refractivity contribution in [1.82, 2.24) is 4.31 Å². The molecule has 4 nitrogen and oxygen atoms in total. The van der Waals surface area contributed by atoms with Crippen molar-refractivity contribution in [3.63, 3.8) is 0 Å². The zero-order valence-electron chi connectivity index (χ0n) is 12.7. The topological polar surface area (TPSA) is 63.4 Å². The Morgan fingerprint density at radius 3 is 2.45 bits per heavy atom. The molecular weight excluding hydrogens is 279 g/mol. The summed E-state index contributed by atoms with van der Waals surface area (Å²) in [6, 6.07) is 1.17. The highest BCUT2D eigenvalue weighted by Gasteiger charge is 2.27. The lowest BCUT2D eigenvalue weighted by Gasteiger charge is -2.23. The number of hydrogen-bond acceptors (Lipinski definition) is 3. The summed E-state index contributed by atoms with van der Waals surface area (Å²) in [5.41, 5.74) is 6.17. The number of sulfonamides is 1. The highest BCUT2D eigenvalue weighted by atomic mass is 32.2. The Hall–Kier alpha value is -1.14. The average Bonchev–Trinajstić information content (AvgIpc) is 2.35. The third-order valence-electron chi connectivity index (χ3n) is 3.64. The van der Waals surface area contributed by atoms with Crippen LogP contribution < -0.4 is 5.73 Å². The van der Waals surface area contributed by atoms with Crippen molar-refractivity contribution in [3.8, 4) is 0 Å². The summed E-state index contributed by atoms with van der Waals surface area (Å²) < 4.78 is 40.1. The van der Waals surface area contributed by atoms with Crippen LogP contribution >= 0.6 is 0 Å². The van der Waals surface area contributed by atoms with Crippen LogP contribution in [-0.4, -0.2) is 26.3 Å². The molecule has 0 fully saturated rings. The van der Waals surface area contributed by atoms with E-state index in [-0.39, 0.29) is 22.1 Å². The molecule has 6 heteroatoms. The molecule has 114 valence electrons. The van der Waals surface area contributed by atoms with Gasteiger partial charge < -0.3 is 5.73 Å². The Morgan fingerprint density at radius 2 is 1.95 bits per heavy atom. The van der Waals surface area contributed by atoms with Gasteiger partial charge in [0.15, 0.2) is 0 Å². The van der Waals surface area contributed by atoms with Crippen molar-refractivity contribution in [1.29, 1.82) is 0 Å². The number of nitrogen functional groups attached to an aromatic ring is 1. The van der Waals surface area contributed by atoms with E-state index >= 15 is 0 Å². The van der Waals surface area contributed by atoms with E-state index in [1.807, 2.05) is 13.8 Å². The predicted molar refractivity (Wildman–Crippen MR) is 79.6 cm³/mol. The smallest absolute Gasteiger partial charge is 0.243 e. The van der Waals surface area contributed by atoms with Crippen LogP contribution in [0.2, 0.25) is 0 Å². The molecule has 0 aromatic heterocycles. The highest BCUT2D eigenvalue weighted by Crippen LogP contribution is 2.29. The first-order chi connectivity index (χ1) is 9.12. The maximum atomic E-state index is 13.5. The zero-order valence-corrected chi connectivity index (χ0v) is 13.5. The van der Waals surface area contributed by atoms with Gasteiger partial charge in [0, 0.05) is 13.6 Å². The Morgan fingerprint density at radius 1 is 1.40 bits per heavy atom. The number of nitrogens with zero attached hydrogens (tertiary/aromatic N) is 1. The Balaban J connectivity index is 3.33. The fourth-order valence-corrected chi connectivity index (χ4v) is 3.87. The van der Waals surface area contributed by atoms with E-state index < -0.39 is 15.8 Å². The molecule has 20 heavy (non-hydrogen) atoms. The SMILES string of the molecule is CCC(C)CN(C)S(=O)(=O)c1c(C)cc(F)c(N)c1C. The number of rotatable bonds is 5. The van der Waals surface area contributed by atoms with Gasteiger partial charge in [-0.25, -0.2) is 17.1 Å². The van der Waals surface area contributed by atoms with Gasteiger partial charge in [0.05, 0.1) is 10.6 Å². The second kappa shape index (κ2) is 6.10. The predicted octanol–water partition coefficient (Wildman–Crippen LogP) is 2.69. The van der Waals surface area contributed by atoms with E-state index in [4.69, 9.17) is 5.73 Å². The first kappa shape index (κ1) is 16.9. The molecule has 0 spiro atoms. The maximum absolute atomic E-state index is 13.5. The lowest BCUT2D eigenvalue weighted by atomic mass is 10.1. The molecule has 0 saturated carbocycles. The highest BCUT2D eigenvalue weighted by molar-refractivity contribution is 7.89. The molecule has 2 N–H and O–H groups in total. The molecule has 0 radical (unpaired) electrons. The quantitative estimate of drug-likeness (QED) is 0.851. The van der Waals surface area contributed by atoms with Crippen molar-refractivity contribution in [2.45, 2.75) is 39.0 Å². The van der Waals surface area contributed by atoms with Gasteiger partial charge in [0.2, 0.25) is 10.0 Å². The third kappa shape index (κ3) is 3.12. The Labute approximate surface area is 120 Å². The van der Waals surface area contributed by atoms with E-state index in [0.717, 1.165) is 6.42 Å². The first-order valence-corrected chi connectivity index (χ1v) is 8.08. The summed E-state index contributed by atoms with van der Waals surface area (Å²) >= 11 is 0. The van der Waals surface area contributed by atoms with Crippen LogP contribution in [-0.2, 0) is 10.0 Å². The van der Waals surface area contributed by atoms with Crippen molar-refractivity contribution in [3.05, 3.63) is 23.0 Å². The molecule has 0 bridgehead atoms. The van der Waals surface area contributed by atoms with Crippen LogP contribution in [0, 0.1) is 25.6 Å². The van der Waals surface area contributed by atoms with Gasteiger partial charge in [-0.3, -0.25) is 0 Å². The standard InChI is InChI=1S/C14H23FN2O2S/c1-6-9(2)8-17(5)20(18,19)14-10(3)7-12(15)13(16)11(14)4/h7,9H,6,8,16H2,1-5H3. The molecule has 1 aromatic rings. The minimum Gasteiger partial charge on any atom is -0.396 e. The van der Waals surface area contributed by atoms with Gasteiger partial charge in [0.25, 0.3) is 0 Å². The van der Waals surface area contributed by atoms with Gasteiger partial charge in [-0.1, -0.05) is 20.3 Å². The lowest BCUT2D eigenvalue weighted by molar-refractivity contribution is 0.393. The summed E-state index contributed by atoms with van der Waals surface area (Å²) in [6.07, 6.45) is 0.892. The van der Waals surface area contributed by atoms with Gasteiger partial charge in [-0.2, -0.15) is 0 Å². The Kier molecular flexibility index (Phi) is 5.15. The zero-order chi connectivity index (χ0) is 15.7. The van der Waals surface area contributed by atoms with Crippen molar-refractivity contribution in [2.24, 2.45) is 5.92 Å². The summed E-state index contributed by atoms with van der Waals surface area (Å²) in [7, 11) is -2.12. The monoisotopic (exact) mass is 302 g/mol. The summed E-state index contributed by atoms with van der Waals surface area (Å²) in [4.78, 5) is 0.113. The summed E-state index contributed by atoms with van der Waals surface area (Å²) in [5.74, 6) is -0.322. The maximum Gasteiger partial charge on any atom is 0.243 e. The van der Waals surface area contributed by atoms with Gasteiger partial charge in [-0.15, -0.1) is 0 Å². The van der Waals surface area contributed by atoms with Gasteiger partial charge in [-0.05, 0) is 37.0 Å². The average molecular weight is 302 g/mol. The number of nitrogens with two attached hydrogens (primary N) is 1. The minimum atomic E-state index is -3.66. The fraction of sp³-hybridized carbons (Fsp3) is 0.571. The molecule has 1 rings (SSSR count). The second-order valence-corrected chi connectivity index (χ2v) is 7.32. The number of anilines is 1. The Bertz CT molecular complexity index is 600. The van der Waals surface area contributed by atoms with Crippen molar-refractivity contribution >= 4 is 15.7 Å². The molecule has 0 amide bonds.